The number of carbonyl (C=O) groups is 3. The van der Waals surface area contributed by atoms with Gasteiger partial charge >= 0.3 is 5.97 Å². The van der Waals surface area contributed by atoms with E-state index in [0.29, 0.717) is 50.4 Å². The van der Waals surface area contributed by atoms with E-state index in [9.17, 15) is 14.4 Å². The van der Waals surface area contributed by atoms with Gasteiger partial charge in [-0.3, -0.25) is 19.3 Å². The van der Waals surface area contributed by atoms with Gasteiger partial charge < -0.3 is 14.6 Å². The van der Waals surface area contributed by atoms with Crippen LogP contribution >= 0.6 is 46.6 Å². The molecule has 0 unspecified atom stereocenters. The van der Waals surface area contributed by atoms with Crippen LogP contribution in [0.25, 0.3) is 6.08 Å². The van der Waals surface area contributed by atoms with Crippen molar-refractivity contribution in [2.45, 2.75) is 13.5 Å². The van der Waals surface area contributed by atoms with Gasteiger partial charge in [-0.05, 0) is 60.2 Å². The fourth-order valence-corrected chi connectivity index (χ4v) is 4.21. The molecule has 0 saturated carbocycles. The summed E-state index contributed by atoms with van der Waals surface area (Å²) in [6.45, 7) is 1.58. The predicted molar refractivity (Wildman–Crippen MR) is 124 cm³/mol. The number of hydrogen-bond acceptors (Lipinski definition) is 6. The smallest absolute Gasteiger partial charge is 0.323 e. The zero-order valence-corrected chi connectivity index (χ0v) is 19.6. The number of benzene rings is 2. The molecule has 1 N–H and O–H groups in total. The molecule has 0 atom stereocenters. The SMILES string of the molecule is CCOc1cc(/C=C2/SC(=O)N(CC(=O)O)C2=O)cc(Cl)c1OCc1ccc(Cl)c(Cl)c1. The third-order valence-corrected chi connectivity index (χ3v) is 6.09. The first-order valence-corrected chi connectivity index (χ1v) is 11.1. The van der Waals surface area contributed by atoms with Crippen LogP contribution in [0, 0.1) is 0 Å². The Morgan fingerprint density at radius 1 is 1.09 bits per heavy atom. The highest BCUT2D eigenvalue weighted by molar-refractivity contribution is 8.18. The number of rotatable bonds is 8. The van der Waals surface area contributed by atoms with E-state index in [0.717, 1.165) is 5.56 Å². The summed E-state index contributed by atoms with van der Waals surface area (Å²) in [5.74, 6) is -1.32. The average molecular weight is 517 g/mol. The van der Waals surface area contributed by atoms with Crippen LogP contribution in [-0.4, -0.2) is 40.3 Å². The van der Waals surface area contributed by atoms with Crippen molar-refractivity contribution < 1.29 is 29.0 Å². The highest BCUT2D eigenvalue weighted by Crippen LogP contribution is 2.39. The zero-order valence-electron chi connectivity index (χ0n) is 16.6. The molecule has 7 nitrogen and oxygen atoms in total. The molecule has 1 fully saturated rings. The first-order valence-electron chi connectivity index (χ1n) is 9.19. The van der Waals surface area contributed by atoms with E-state index in [1.807, 2.05) is 0 Å². The van der Waals surface area contributed by atoms with E-state index in [4.69, 9.17) is 49.4 Å². The summed E-state index contributed by atoms with van der Waals surface area (Å²) < 4.78 is 11.5. The van der Waals surface area contributed by atoms with E-state index < -0.39 is 23.7 Å². The summed E-state index contributed by atoms with van der Waals surface area (Å²) in [7, 11) is 0. The molecule has 0 radical (unpaired) electrons. The number of carboxylic acids is 1. The Balaban J connectivity index is 1.86. The van der Waals surface area contributed by atoms with Crippen molar-refractivity contribution >= 4 is 69.8 Å². The molecular weight excluding hydrogens is 501 g/mol. The number of ether oxygens (including phenoxy) is 2. The van der Waals surface area contributed by atoms with Crippen LogP contribution in [0.3, 0.4) is 0 Å². The lowest BCUT2D eigenvalue weighted by atomic mass is 10.1. The van der Waals surface area contributed by atoms with Crippen molar-refractivity contribution in [3.05, 3.63) is 61.4 Å². The summed E-state index contributed by atoms with van der Waals surface area (Å²) >= 11 is 19.0. The van der Waals surface area contributed by atoms with Gasteiger partial charge in [-0.25, -0.2) is 0 Å². The van der Waals surface area contributed by atoms with Crippen LogP contribution in [0.15, 0.2) is 35.2 Å². The van der Waals surface area contributed by atoms with E-state index in [1.165, 1.54) is 6.08 Å². The number of halogens is 3. The minimum Gasteiger partial charge on any atom is -0.490 e. The van der Waals surface area contributed by atoms with Crippen molar-refractivity contribution in [3.63, 3.8) is 0 Å². The van der Waals surface area contributed by atoms with E-state index >= 15 is 0 Å². The third-order valence-electron chi connectivity index (χ3n) is 4.16. The molecule has 2 amide bonds. The molecule has 0 spiro atoms. The van der Waals surface area contributed by atoms with Gasteiger partial charge in [-0.1, -0.05) is 40.9 Å². The summed E-state index contributed by atoms with van der Waals surface area (Å²) in [6, 6.07) is 8.28. The second kappa shape index (κ2) is 10.5. The molecule has 2 aromatic rings. The Morgan fingerprint density at radius 2 is 1.84 bits per heavy atom. The topological polar surface area (TPSA) is 93.1 Å². The molecule has 32 heavy (non-hydrogen) atoms. The van der Waals surface area contributed by atoms with Gasteiger partial charge in [0.25, 0.3) is 11.1 Å². The minimum absolute atomic E-state index is 0.0826. The highest BCUT2D eigenvalue weighted by Gasteiger charge is 2.36. The van der Waals surface area contributed by atoms with Gasteiger partial charge in [0.2, 0.25) is 0 Å². The molecule has 168 valence electrons. The Labute approximate surface area is 202 Å². The number of hydrogen-bond donors (Lipinski definition) is 1. The number of amides is 2. The van der Waals surface area contributed by atoms with Crippen molar-refractivity contribution in [2.75, 3.05) is 13.2 Å². The Bertz CT molecular complexity index is 1120. The molecular formula is C21H16Cl3NO6S. The normalized spacial score (nSPS) is 14.9. The van der Waals surface area contributed by atoms with E-state index in [2.05, 4.69) is 0 Å². The summed E-state index contributed by atoms with van der Waals surface area (Å²) in [6.07, 6.45) is 1.45. The predicted octanol–water partition coefficient (Wildman–Crippen LogP) is 5.75. The molecule has 2 aromatic carbocycles. The number of carbonyl (C=O) groups excluding carboxylic acids is 2. The lowest BCUT2D eigenvalue weighted by Crippen LogP contribution is -2.33. The van der Waals surface area contributed by atoms with Gasteiger partial charge in [0.05, 0.1) is 26.6 Å². The number of thioether (sulfide) groups is 1. The van der Waals surface area contributed by atoms with Crippen LogP contribution in [0.2, 0.25) is 15.1 Å². The van der Waals surface area contributed by atoms with Gasteiger partial charge in [-0.2, -0.15) is 0 Å². The fraction of sp³-hybridized carbons (Fsp3) is 0.190. The maximum atomic E-state index is 12.4. The fourth-order valence-electron chi connectivity index (χ4n) is 2.78. The molecule has 0 aromatic heterocycles. The quantitative estimate of drug-likeness (QED) is 0.447. The lowest BCUT2D eigenvalue weighted by Gasteiger charge is -2.15. The molecule has 3 rings (SSSR count). The molecule has 1 saturated heterocycles. The summed E-state index contributed by atoms with van der Waals surface area (Å²) in [4.78, 5) is 35.9. The number of nitrogens with zero attached hydrogens (tertiary/aromatic N) is 1. The van der Waals surface area contributed by atoms with Crippen LogP contribution in [0.5, 0.6) is 11.5 Å². The second-order valence-corrected chi connectivity index (χ2v) is 8.68. The van der Waals surface area contributed by atoms with Crippen molar-refractivity contribution in [1.82, 2.24) is 4.90 Å². The van der Waals surface area contributed by atoms with Crippen LogP contribution in [-0.2, 0) is 16.2 Å². The molecule has 11 heteroatoms. The first-order chi connectivity index (χ1) is 15.2. The van der Waals surface area contributed by atoms with Crippen LogP contribution in [0.1, 0.15) is 18.1 Å². The molecule has 1 aliphatic rings. The third kappa shape index (κ3) is 5.69. The second-order valence-electron chi connectivity index (χ2n) is 6.46. The maximum Gasteiger partial charge on any atom is 0.323 e. The van der Waals surface area contributed by atoms with Gasteiger partial charge in [-0.15, -0.1) is 0 Å². The van der Waals surface area contributed by atoms with Gasteiger partial charge in [0, 0.05) is 0 Å². The number of imide groups is 1. The summed E-state index contributed by atoms with van der Waals surface area (Å²) in [5.41, 5.74) is 1.26. The molecule has 0 aliphatic carbocycles. The van der Waals surface area contributed by atoms with Gasteiger partial charge in [0.1, 0.15) is 13.2 Å². The van der Waals surface area contributed by atoms with Crippen LogP contribution in [0.4, 0.5) is 4.79 Å². The van der Waals surface area contributed by atoms with Crippen LogP contribution < -0.4 is 9.47 Å². The molecule has 1 aliphatic heterocycles. The Kier molecular flexibility index (Phi) is 7.95. The maximum absolute atomic E-state index is 12.4. The monoisotopic (exact) mass is 515 g/mol. The largest absolute Gasteiger partial charge is 0.490 e. The summed E-state index contributed by atoms with van der Waals surface area (Å²) in [5, 5.41) is 9.28. The zero-order chi connectivity index (χ0) is 23.4. The van der Waals surface area contributed by atoms with Crippen molar-refractivity contribution in [1.29, 1.82) is 0 Å². The minimum atomic E-state index is -1.28. The highest BCUT2D eigenvalue weighted by atomic mass is 35.5. The average Bonchev–Trinajstić information content (AvgIpc) is 2.97. The lowest BCUT2D eigenvalue weighted by molar-refractivity contribution is -0.140. The number of aliphatic carboxylic acids is 1. The van der Waals surface area contributed by atoms with Crippen molar-refractivity contribution in [3.8, 4) is 11.5 Å². The Morgan fingerprint density at radius 3 is 2.50 bits per heavy atom. The molecule has 1 heterocycles. The first kappa shape index (κ1) is 24.3. The molecule has 0 bridgehead atoms. The number of carboxylic acid groups (broad SMARTS) is 1. The van der Waals surface area contributed by atoms with Gasteiger partial charge in [0.15, 0.2) is 11.5 Å². The van der Waals surface area contributed by atoms with E-state index in [-0.39, 0.29) is 16.5 Å². The van der Waals surface area contributed by atoms with E-state index in [1.54, 1.807) is 37.3 Å². The van der Waals surface area contributed by atoms with Crippen molar-refractivity contribution in [2.24, 2.45) is 0 Å². The Hall–Kier alpha value is -2.39. The standard InChI is InChI=1S/C21H16Cl3NO6S/c1-2-30-16-7-12(8-17-20(28)25(9-18(26)27)21(29)32-17)6-15(24)19(16)31-10-11-3-4-13(22)14(23)5-11/h3-8H,2,9-10H2,1H3,(H,26,27)/b17-8+.